The summed E-state index contributed by atoms with van der Waals surface area (Å²) in [5.74, 6) is 2.04. The summed E-state index contributed by atoms with van der Waals surface area (Å²) < 4.78 is 16.7. The van der Waals surface area contributed by atoms with Crippen molar-refractivity contribution in [1.29, 1.82) is 0 Å². The molecule has 144 valence electrons. The molecule has 0 saturated carbocycles. The fraction of sp³-hybridized carbons (Fsp3) is 0.182. The Hall–Kier alpha value is -3.54. The van der Waals surface area contributed by atoms with Crippen molar-refractivity contribution in [2.45, 2.75) is 6.92 Å². The van der Waals surface area contributed by atoms with Crippen molar-refractivity contribution in [2.24, 2.45) is 0 Å². The van der Waals surface area contributed by atoms with Crippen LogP contribution in [0.1, 0.15) is 5.56 Å². The van der Waals surface area contributed by atoms with Gasteiger partial charge in [-0.2, -0.15) is 0 Å². The third kappa shape index (κ3) is 4.79. The maximum absolute atomic E-state index is 11.2. The van der Waals surface area contributed by atoms with Crippen LogP contribution in [0.2, 0.25) is 0 Å². The summed E-state index contributed by atoms with van der Waals surface area (Å²) in [6.07, 6.45) is 0. The van der Waals surface area contributed by atoms with E-state index in [1.807, 2.05) is 43.3 Å². The lowest BCUT2D eigenvalue weighted by Gasteiger charge is -2.13. The Bertz CT molecular complexity index is 936. The molecule has 0 aliphatic heterocycles. The van der Waals surface area contributed by atoms with E-state index in [0.717, 1.165) is 11.3 Å². The van der Waals surface area contributed by atoms with E-state index >= 15 is 0 Å². The van der Waals surface area contributed by atoms with Crippen LogP contribution in [0.3, 0.4) is 0 Å². The highest BCUT2D eigenvalue weighted by Crippen LogP contribution is 2.34. The zero-order chi connectivity index (χ0) is 19.9. The zero-order valence-corrected chi connectivity index (χ0v) is 15.8. The third-order valence-corrected chi connectivity index (χ3v) is 4.21. The van der Waals surface area contributed by atoms with E-state index in [2.05, 4.69) is 0 Å². The highest BCUT2D eigenvalue weighted by atomic mass is 16.6. The Morgan fingerprint density at radius 1 is 0.857 bits per heavy atom. The molecule has 6 nitrogen and oxygen atoms in total. The fourth-order valence-corrected chi connectivity index (χ4v) is 2.70. The van der Waals surface area contributed by atoms with Gasteiger partial charge in [0.25, 0.3) is 5.69 Å². The molecule has 0 aliphatic carbocycles. The largest absolute Gasteiger partial charge is 0.497 e. The van der Waals surface area contributed by atoms with Gasteiger partial charge in [0.1, 0.15) is 30.5 Å². The molecule has 0 aliphatic rings. The summed E-state index contributed by atoms with van der Waals surface area (Å²) in [6.45, 7) is 2.69. The van der Waals surface area contributed by atoms with Crippen molar-refractivity contribution in [3.05, 3.63) is 82.4 Å². The molecular weight excluding hydrogens is 358 g/mol. The minimum atomic E-state index is -0.419. The van der Waals surface area contributed by atoms with Crippen LogP contribution in [0.25, 0.3) is 11.1 Å². The normalized spacial score (nSPS) is 10.4. The van der Waals surface area contributed by atoms with Crippen molar-refractivity contribution in [3.63, 3.8) is 0 Å². The van der Waals surface area contributed by atoms with Gasteiger partial charge < -0.3 is 14.2 Å². The summed E-state index contributed by atoms with van der Waals surface area (Å²) >= 11 is 0. The molecule has 0 heterocycles. The molecule has 3 rings (SSSR count). The van der Waals surface area contributed by atoms with Crippen molar-refractivity contribution >= 4 is 5.69 Å². The van der Waals surface area contributed by atoms with E-state index < -0.39 is 4.92 Å². The Kier molecular flexibility index (Phi) is 6.11. The van der Waals surface area contributed by atoms with E-state index in [1.54, 1.807) is 25.3 Å². The molecule has 0 radical (unpaired) electrons. The average Bonchev–Trinajstić information content (AvgIpc) is 2.72. The van der Waals surface area contributed by atoms with Gasteiger partial charge in [-0.3, -0.25) is 10.1 Å². The van der Waals surface area contributed by atoms with Crippen molar-refractivity contribution in [1.82, 2.24) is 0 Å². The van der Waals surface area contributed by atoms with Crippen LogP contribution in [0.15, 0.2) is 66.7 Å². The molecule has 3 aromatic rings. The molecule has 0 fully saturated rings. The number of aryl methyl sites for hydroxylation is 1. The van der Waals surface area contributed by atoms with Crippen LogP contribution in [0.4, 0.5) is 5.69 Å². The predicted molar refractivity (Wildman–Crippen MR) is 107 cm³/mol. The molecule has 0 bridgehead atoms. The second kappa shape index (κ2) is 8.90. The molecule has 0 aromatic heterocycles. The van der Waals surface area contributed by atoms with Crippen molar-refractivity contribution < 1.29 is 19.1 Å². The van der Waals surface area contributed by atoms with Gasteiger partial charge in [0.15, 0.2) is 0 Å². The standard InChI is InChI=1S/C22H21NO5/c1-16-3-8-20(9-4-16)27-13-14-28-22-12-7-18(23(24)25)15-21(22)17-5-10-19(26-2)11-6-17/h3-12,15H,13-14H2,1-2H3. The van der Waals surface area contributed by atoms with Crippen LogP contribution >= 0.6 is 0 Å². The maximum Gasteiger partial charge on any atom is 0.270 e. The second-order valence-electron chi connectivity index (χ2n) is 6.18. The minimum absolute atomic E-state index is 0.00840. The zero-order valence-electron chi connectivity index (χ0n) is 15.8. The van der Waals surface area contributed by atoms with Crippen LogP contribution in [-0.2, 0) is 0 Å². The second-order valence-corrected chi connectivity index (χ2v) is 6.18. The number of nitro benzene ring substituents is 1. The number of hydrogen-bond donors (Lipinski definition) is 0. The van der Waals surface area contributed by atoms with E-state index in [0.29, 0.717) is 30.3 Å². The van der Waals surface area contributed by atoms with Gasteiger partial charge >= 0.3 is 0 Å². The molecule has 3 aromatic carbocycles. The smallest absolute Gasteiger partial charge is 0.270 e. The topological polar surface area (TPSA) is 70.8 Å². The molecule has 0 N–H and O–H groups in total. The van der Waals surface area contributed by atoms with Crippen molar-refractivity contribution in [2.75, 3.05) is 20.3 Å². The quantitative estimate of drug-likeness (QED) is 0.312. The Morgan fingerprint density at radius 3 is 2.14 bits per heavy atom. The summed E-state index contributed by atoms with van der Waals surface area (Å²) in [7, 11) is 1.59. The molecule has 0 saturated heterocycles. The van der Waals surface area contributed by atoms with E-state index in [1.165, 1.54) is 17.7 Å². The fourth-order valence-electron chi connectivity index (χ4n) is 2.70. The number of non-ortho nitro benzene ring substituents is 1. The van der Waals surface area contributed by atoms with Gasteiger partial charge in [-0.25, -0.2) is 0 Å². The van der Waals surface area contributed by atoms with Gasteiger partial charge in [0, 0.05) is 17.7 Å². The first-order valence-electron chi connectivity index (χ1n) is 8.82. The Balaban J connectivity index is 1.73. The maximum atomic E-state index is 11.2. The third-order valence-electron chi connectivity index (χ3n) is 4.21. The van der Waals surface area contributed by atoms with Gasteiger partial charge in [0.05, 0.1) is 12.0 Å². The lowest BCUT2D eigenvalue weighted by Crippen LogP contribution is -2.09. The van der Waals surface area contributed by atoms with Crippen LogP contribution in [0.5, 0.6) is 17.2 Å². The number of benzene rings is 3. The summed E-state index contributed by atoms with van der Waals surface area (Å²) in [4.78, 5) is 10.7. The lowest BCUT2D eigenvalue weighted by molar-refractivity contribution is -0.384. The van der Waals surface area contributed by atoms with Crippen LogP contribution in [-0.4, -0.2) is 25.2 Å². The number of hydrogen-bond acceptors (Lipinski definition) is 5. The van der Waals surface area contributed by atoms with E-state index in [4.69, 9.17) is 14.2 Å². The number of nitro groups is 1. The molecule has 0 unspecified atom stereocenters. The Morgan fingerprint density at radius 2 is 1.50 bits per heavy atom. The SMILES string of the molecule is COc1ccc(-c2cc([N+](=O)[O-])ccc2OCCOc2ccc(C)cc2)cc1. The first-order chi connectivity index (χ1) is 13.6. The van der Waals surface area contributed by atoms with E-state index in [-0.39, 0.29) is 5.69 Å². The molecule has 0 amide bonds. The first kappa shape index (κ1) is 19.2. The molecule has 0 spiro atoms. The highest BCUT2D eigenvalue weighted by Gasteiger charge is 2.14. The van der Waals surface area contributed by atoms with Gasteiger partial charge in [0.2, 0.25) is 0 Å². The first-order valence-corrected chi connectivity index (χ1v) is 8.82. The van der Waals surface area contributed by atoms with Gasteiger partial charge in [-0.05, 0) is 42.8 Å². The summed E-state index contributed by atoms with van der Waals surface area (Å²) in [6, 6.07) is 19.6. The van der Waals surface area contributed by atoms with Gasteiger partial charge in [-0.15, -0.1) is 0 Å². The number of ether oxygens (including phenoxy) is 3. The Labute approximate surface area is 163 Å². The molecule has 28 heavy (non-hydrogen) atoms. The number of methoxy groups -OCH3 is 1. The molecule has 6 heteroatoms. The number of rotatable bonds is 8. The highest BCUT2D eigenvalue weighted by molar-refractivity contribution is 5.73. The van der Waals surface area contributed by atoms with Crippen LogP contribution in [0, 0.1) is 17.0 Å². The summed E-state index contributed by atoms with van der Waals surface area (Å²) in [5.41, 5.74) is 2.62. The summed E-state index contributed by atoms with van der Waals surface area (Å²) in [5, 5.41) is 11.2. The van der Waals surface area contributed by atoms with Crippen LogP contribution < -0.4 is 14.2 Å². The number of nitrogens with zero attached hydrogens (tertiary/aromatic N) is 1. The molecular formula is C22H21NO5. The minimum Gasteiger partial charge on any atom is -0.497 e. The predicted octanol–water partition coefficient (Wildman–Crippen LogP) is 5.04. The van der Waals surface area contributed by atoms with E-state index in [9.17, 15) is 10.1 Å². The monoisotopic (exact) mass is 379 g/mol. The molecule has 0 atom stereocenters. The average molecular weight is 379 g/mol. The van der Waals surface area contributed by atoms with Crippen molar-refractivity contribution in [3.8, 4) is 28.4 Å². The van der Waals surface area contributed by atoms with Gasteiger partial charge in [-0.1, -0.05) is 29.8 Å². The lowest BCUT2D eigenvalue weighted by atomic mass is 10.0.